The predicted molar refractivity (Wildman–Crippen MR) is 68.9 cm³/mol. The molecule has 0 aromatic carbocycles. The van der Waals surface area contributed by atoms with E-state index in [9.17, 15) is 4.79 Å². The van der Waals surface area contributed by atoms with Crippen molar-refractivity contribution in [1.29, 1.82) is 0 Å². The lowest BCUT2D eigenvalue weighted by molar-refractivity contribution is 0.0694. The number of hydrogen-bond donors (Lipinski definition) is 2. The van der Waals surface area contributed by atoms with Gasteiger partial charge in [0.25, 0.3) is 0 Å². The van der Waals surface area contributed by atoms with E-state index in [1.54, 1.807) is 18.3 Å². The second kappa shape index (κ2) is 5.27. The number of nitrogens with one attached hydrogen (secondary N) is 1. The molecule has 0 radical (unpaired) electrons. The molecular weight excluding hydrogens is 244 g/mol. The number of aromatic carboxylic acids is 1. The quantitative estimate of drug-likeness (QED) is 0.840. The second-order valence-corrected chi connectivity index (χ2v) is 5.30. The van der Waals surface area contributed by atoms with E-state index >= 15 is 0 Å². The number of carboxylic acid groups (broad SMARTS) is 1. The summed E-state index contributed by atoms with van der Waals surface area (Å²) in [7, 11) is 0. The van der Waals surface area contributed by atoms with Crippen LogP contribution in [0.1, 0.15) is 35.3 Å². The van der Waals surface area contributed by atoms with Crippen molar-refractivity contribution < 1.29 is 14.6 Å². The molecule has 102 valence electrons. The standard InChI is InChI=1S/C14H18N2O3/c17-14(18)11-2-1-5-16-12(11)8-15-7-9-6-10-3-4-13(9)19-10/h1-2,5,9-10,13,15H,3-4,6-8H2,(H,17,18). The minimum Gasteiger partial charge on any atom is -0.478 e. The Kier molecular flexibility index (Phi) is 3.48. The van der Waals surface area contributed by atoms with Crippen molar-refractivity contribution in [3.63, 3.8) is 0 Å². The van der Waals surface area contributed by atoms with Gasteiger partial charge in [0.2, 0.25) is 0 Å². The molecule has 3 unspecified atom stereocenters. The molecular formula is C14H18N2O3. The number of aromatic nitrogens is 1. The maximum atomic E-state index is 11.1. The largest absolute Gasteiger partial charge is 0.478 e. The van der Waals surface area contributed by atoms with Crippen LogP contribution in [-0.2, 0) is 11.3 Å². The molecule has 0 spiro atoms. The third-order valence-corrected chi connectivity index (χ3v) is 4.05. The van der Waals surface area contributed by atoms with Crippen molar-refractivity contribution in [2.45, 2.75) is 38.0 Å². The Labute approximate surface area is 112 Å². The van der Waals surface area contributed by atoms with E-state index in [0.29, 0.717) is 30.4 Å². The first-order chi connectivity index (χ1) is 9.24. The zero-order chi connectivity index (χ0) is 13.2. The SMILES string of the molecule is O=C(O)c1cccnc1CNCC1CC2CCC1O2. The minimum absolute atomic E-state index is 0.277. The summed E-state index contributed by atoms with van der Waals surface area (Å²) in [4.78, 5) is 15.2. The Balaban J connectivity index is 1.54. The summed E-state index contributed by atoms with van der Waals surface area (Å²) in [6, 6.07) is 3.24. The van der Waals surface area contributed by atoms with E-state index in [0.717, 1.165) is 13.0 Å². The van der Waals surface area contributed by atoms with E-state index < -0.39 is 5.97 Å². The lowest BCUT2D eigenvalue weighted by Crippen LogP contribution is -2.29. The summed E-state index contributed by atoms with van der Waals surface area (Å²) in [5.41, 5.74) is 0.873. The van der Waals surface area contributed by atoms with Gasteiger partial charge >= 0.3 is 5.97 Å². The third kappa shape index (κ3) is 2.62. The maximum Gasteiger partial charge on any atom is 0.337 e. The van der Waals surface area contributed by atoms with E-state index in [1.807, 2.05) is 0 Å². The molecule has 2 N–H and O–H groups in total. The molecule has 1 aromatic heterocycles. The fourth-order valence-electron chi connectivity index (χ4n) is 3.11. The van der Waals surface area contributed by atoms with Gasteiger partial charge in [0.05, 0.1) is 23.5 Å². The highest BCUT2D eigenvalue weighted by Crippen LogP contribution is 2.38. The first-order valence-electron chi connectivity index (χ1n) is 6.77. The molecule has 2 aliphatic rings. The van der Waals surface area contributed by atoms with E-state index in [2.05, 4.69) is 10.3 Å². The van der Waals surface area contributed by atoms with Crippen molar-refractivity contribution in [2.24, 2.45) is 5.92 Å². The van der Waals surface area contributed by atoms with Gasteiger partial charge in [-0.05, 0) is 31.4 Å². The number of fused-ring (bicyclic) bond motifs is 2. The van der Waals surface area contributed by atoms with Crippen LogP contribution in [0.15, 0.2) is 18.3 Å². The van der Waals surface area contributed by atoms with Crippen LogP contribution in [0.5, 0.6) is 0 Å². The normalized spacial score (nSPS) is 28.7. The monoisotopic (exact) mass is 262 g/mol. The van der Waals surface area contributed by atoms with Gasteiger partial charge < -0.3 is 15.2 Å². The lowest BCUT2D eigenvalue weighted by Gasteiger charge is -2.19. The van der Waals surface area contributed by atoms with Gasteiger partial charge in [-0.15, -0.1) is 0 Å². The summed E-state index contributed by atoms with van der Waals surface area (Å²) >= 11 is 0. The summed E-state index contributed by atoms with van der Waals surface area (Å²) < 4.78 is 5.80. The highest BCUT2D eigenvalue weighted by atomic mass is 16.5. The van der Waals surface area contributed by atoms with Gasteiger partial charge in [-0.1, -0.05) is 0 Å². The Hall–Kier alpha value is -1.46. The molecule has 2 fully saturated rings. The molecule has 0 saturated carbocycles. The smallest absolute Gasteiger partial charge is 0.337 e. The van der Waals surface area contributed by atoms with Gasteiger partial charge in [0.15, 0.2) is 0 Å². The van der Waals surface area contributed by atoms with Crippen molar-refractivity contribution in [1.82, 2.24) is 10.3 Å². The van der Waals surface area contributed by atoms with Crippen LogP contribution in [0.2, 0.25) is 0 Å². The molecule has 3 heterocycles. The number of pyridine rings is 1. The molecule has 3 atom stereocenters. The van der Waals surface area contributed by atoms with Crippen molar-refractivity contribution in [3.05, 3.63) is 29.6 Å². The third-order valence-electron chi connectivity index (χ3n) is 4.05. The highest BCUT2D eigenvalue weighted by molar-refractivity contribution is 5.88. The number of rotatable bonds is 5. The number of carboxylic acids is 1. The molecule has 3 rings (SSSR count). The first kappa shape index (κ1) is 12.6. The van der Waals surface area contributed by atoms with Crippen LogP contribution < -0.4 is 5.32 Å². The average molecular weight is 262 g/mol. The van der Waals surface area contributed by atoms with Crippen molar-refractivity contribution in [2.75, 3.05) is 6.54 Å². The van der Waals surface area contributed by atoms with E-state index in [-0.39, 0.29) is 5.56 Å². The van der Waals surface area contributed by atoms with Gasteiger partial charge in [-0.2, -0.15) is 0 Å². The van der Waals surface area contributed by atoms with Crippen molar-refractivity contribution >= 4 is 5.97 Å². The summed E-state index contributed by atoms with van der Waals surface area (Å²) in [5, 5.41) is 12.4. The molecule has 2 aliphatic heterocycles. The van der Waals surface area contributed by atoms with Gasteiger partial charge in [-0.3, -0.25) is 4.98 Å². The Bertz CT molecular complexity index is 478. The van der Waals surface area contributed by atoms with Gasteiger partial charge in [-0.25, -0.2) is 4.79 Å². The zero-order valence-electron chi connectivity index (χ0n) is 10.7. The molecule has 1 aromatic rings. The average Bonchev–Trinajstić information content (AvgIpc) is 3.01. The Morgan fingerprint density at radius 1 is 1.53 bits per heavy atom. The first-order valence-corrected chi connectivity index (χ1v) is 6.77. The van der Waals surface area contributed by atoms with E-state index in [4.69, 9.17) is 9.84 Å². The van der Waals surface area contributed by atoms with Crippen LogP contribution in [0, 0.1) is 5.92 Å². The molecule has 2 bridgehead atoms. The number of ether oxygens (including phenoxy) is 1. The molecule has 19 heavy (non-hydrogen) atoms. The van der Waals surface area contributed by atoms with Crippen molar-refractivity contribution in [3.8, 4) is 0 Å². The van der Waals surface area contributed by atoms with Crippen LogP contribution in [0.3, 0.4) is 0 Å². The van der Waals surface area contributed by atoms with Crippen LogP contribution in [-0.4, -0.2) is 34.8 Å². The van der Waals surface area contributed by atoms with Gasteiger partial charge in [0, 0.05) is 25.2 Å². The number of nitrogens with zero attached hydrogens (tertiary/aromatic N) is 1. The fraction of sp³-hybridized carbons (Fsp3) is 0.571. The summed E-state index contributed by atoms with van der Waals surface area (Å²) in [6.07, 6.45) is 5.99. The molecule has 5 nitrogen and oxygen atoms in total. The Morgan fingerprint density at radius 2 is 2.42 bits per heavy atom. The van der Waals surface area contributed by atoms with Gasteiger partial charge in [0.1, 0.15) is 0 Å². The molecule has 0 amide bonds. The van der Waals surface area contributed by atoms with Crippen LogP contribution in [0.4, 0.5) is 0 Å². The molecule has 0 aliphatic carbocycles. The Morgan fingerprint density at radius 3 is 3.11 bits per heavy atom. The topological polar surface area (TPSA) is 71.5 Å². The van der Waals surface area contributed by atoms with Crippen LogP contribution in [0.25, 0.3) is 0 Å². The predicted octanol–water partition coefficient (Wildman–Crippen LogP) is 1.44. The lowest BCUT2D eigenvalue weighted by atomic mass is 9.89. The maximum absolute atomic E-state index is 11.1. The fourth-order valence-corrected chi connectivity index (χ4v) is 3.11. The molecule has 2 saturated heterocycles. The van der Waals surface area contributed by atoms with E-state index in [1.165, 1.54) is 12.8 Å². The minimum atomic E-state index is -0.923. The number of hydrogen-bond acceptors (Lipinski definition) is 4. The summed E-state index contributed by atoms with van der Waals surface area (Å²) in [6.45, 7) is 1.37. The summed E-state index contributed by atoms with van der Waals surface area (Å²) in [5.74, 6) is -0.358. The van der Waals surface area contributed by atoms with Crippen LogP contribution >= 0.6 is 0 Å². The zero-order valence-corrected chi connectivity index (χ0v) is 10.7. The second-order valence-electron chi connectivity index (χ2n) is 5.30. The molecule has 5 heteroatoms. The highest BCUT2D eigenvalue weighted by Gasteiger charge is 2.40. The number of carbonyl (C=O) groups is 1.